The number of hydrogen-bond donors (Lipinski definition) is 7. The molecule has 2 aliphatic heterocycles. The summed E-state index contributed by atoms with van der Waals surface area (Å²) in [6.45, 7) is -0.959. The number of amides is 3. The van der Waals surface area contributed by atoms with Crippen molar-refractivity contribution in [2.75, 3.05) is 18.4 Å². The molecule has 15 heteroatoms. The number of nitrogens with zero attached hydrogens (tertiary/aromatic N) is 1. The van der Waals surface area contributed by atoms with E-state index in [0.29, 0.717) is 31.4 Å². The van der Waals surface area contributed by atoms with Crippen LogP contribution in [0.25, 0.3) is 0 Å². The smallest absolute Gasteiger partial charge is 0.328 e. The second-order valence-corrected chi connectivity index (χ2v) is 12.0. The molecule has 2 bridgehead atoms. The quantitative estimate of drug-likeness (QED) is 0.137. The summed E-state index contributed by atoms with van der Waals surface area (Å²) in [5.74, 6) is -4.02. The fraction of sp³-hybridized carbons (Fsp3) is 0.370. The highest BCUT2D eigenvalue weighted by Gasteiger charge is 2.51. The Morgan fingerprint density at radius 3 is 2.33 bits per heavy atom. The molecule has 1 saturated carbocycles. The summed E-state index contributed by atoms with van der Waals surface area (Å²) >= 11 is 0. The van der Waals surface area contributed by atoms with Crippen LogP contribution in [0.1, 0.15) is 36.0 Å². The first-order valence-corrected chi connectivity index (χ1v) is 14.8. The third kappa shape index (κ3) is 7.03. The molecule has 42 heavy (non-hydrogen) atoms. The molecule has 3 aliphatic rings. The lowest BCUT2D eigenvalue weighted by atomic mass is 9.76. The van der Waals surface area contributed by atoms with E-state index in [0.717, 1.165) is 0 Å². The number of benzene rings is 2. The Morgan fingerprint density at radius 1 is 1.00 bits per heavy atom. The van der Waals surface area contributed by atoms with Crippen LogP contribution in [0, 0.1) is 11.3 Å². The third-order valence-corrected chi connectivity index (χ3v) is 9.29. The predicted octanol–water partition coefficient (Wildman–Crippen LogP) is 0.0393. The van der Waals surface area contributed by atoms with Crippen molar-refractivity contribution in [3.05, 3.63) is 60.2 Å². The Morgan fingerprint density at radius 2 is 1.69 bits per heavy atom. The van der Waals surface area contributed by atoms with Crippen LogP contribution in [0.2, 0.25) is 0 Å². The van der Waals surface area contributed by atoms with Crippen LogP contribution in [0.5, 0.6) is 0 Å². The average molecular weight is 600 g/mol. The van der Waals surface area contributed by atoms with Crippen LogP contribution in [0.3, 0.4) is 0 Å². The van der Waals surface area contributed by atoms with Crippen LogP contribution >= 0.6 is 0 Å². The lowest BCUT2D eigenvalue weighted by Gasteiger charge is -2.49. The van der Waals surface area contributed by atoms with Gasteiger partial charge in [0, 0.05) is 23.8 Å². The van der Waals surface area contributed by atoms with Gasteiger partial charge in [-0.2, -0.15) is 4.31 Å². The molecule has 8 N–H and O–H groups in total. The van der Waals surface area contributed by atoms with Crippen molar-refractivity contribution in [1.29, 1.82) is 5.41 Å². The maximum atomic E-state index is 13.5. The van der Waals surface area contributed by atoms with Gasteiger partial charge in [0.1, 0.15) is 12.1 Å². The van der Waals surface area contributed by atoms with E-state index in [4.69, 9.17) is 11.1 Å². The number of carboxylic acids is 1. The Hall–Kier alpha value is -4.50. The van der Waals surface area contributed by atoms with Gasteiger partial charge in [0.05, 0.1) is 11.4 Å². The first-order chi connectivity index (χ1) is 20.0. The lowest BCUT2D eigenvalue weighted by molar-refractivity contribution is -0.143. The number of guanidine groups is 1. The van der Waals surface area contributed by atoms with Gasteiger partial charge in [-0.1, -0.05) is 24.3 Å². The van der Waals surface area contributed by atoms with Gasteiger partial charge in [0.15, 0.2) is 5.96 Å². The average Bonchev–Trinajstić information content (AvgIpc) is 2.98. The summed E-state index contributed by atoms with van der Waals surface area (Å²) in [4.78, 5) is 50.2. The van der Waals surface area contributed by atoms with E-state index < -0.39 is 58.9 Å². The van der Waals surface area contributed by atoms with Crippen molar-refractivity contribution < 1.29 is 32.7 Å². The molecule has 3 fully saturated rings. The number of carbonyl (C=O) groups is 4. The topological polar surface area (TPSA) is 224 Å². The second kappa shape index (κ2) is 13.0. The molecular weight excluding hydrogens is 566 g/mol. The molecule has 0 radical (unpaired) electrons. The fourth-order valence-electron chi connectivity index (χ4n) is 5.39. The van der Waals surface area contributed by atoms with E-state index in [1.165, 1.54) is 28.6 Å². The maximum absolute atomic E-state index is 13.5. The van der Waals surface area contributed by atoms with E-state index >= 15 is 0 Å². The molecule has 2 aromatic carbocycles. The first-order valence-electron chi connectivity index (χ1n) is 13.3. The number of rotatable bonds is 11. The van der Waals surface area contributed by atoms with E-state index in [9.17, 15) is 32.7 Å². The molecule has 2 saturated heterocycles. The van der Waals surface area contributed by atoms with Gasteiger partial charge >= 0.3 is 5.97 Å². The Labute approximate surface area is 242 Å². The van der Waals surface area contributed by atoms with E-state index in [1.54, 1.807) is 30.3 Å². The number of nitrogens with one attached hydrogen (secondary N) is 5. The standard InChI is InChI=1S/C27H33N7O7S/c28-27(29)32-18-6-4-5-17(13-18)24(36)31-15-22(35)30-14-21(26(38)39)33-25(37)23-16-9-11-19(12-10-16)34(23)42(40,41)20-7-2-1-3-8-20/h1-8,13,16,19,21,23H,9-12,14-15H2,(H,30,35)(H,31,36)(H,33,37)(H,38,39)(H4,28,29,32)/t16?,19?,21-,23+/m1/s1. The van der Waals surface area contributed by atoms with E-state index in [-0.39, 0.29) is 28.4 Å². The number of carboxylic acid groups (broad SMARTS) is 1. The van der Waals surface area contributed by atoms with Crippen LogP contribution in [0.4, 0.5) is 5.69 Å². The molecular formula is C27H33N7O7S. The Balaban J connectivity index is 1.37. The zero-order valence-electron chi connectivity index (χ0n) is 22.6. The molecule has 0 spiro atoms. The number of fused-ring (bicyclic) bond motifs is 3. The summed E-state index contributed by atoms with van der Waals surface area (Å²) < 4.78 is 28.3. The normalized spacial score (nSPS) is 20.6. The second-order valence-electron chi connectivity index (χ2n) is 10.2. The van der Waals surface area contributed by atoms with Gasteiger partial charge in [0.2, 0.25) is 21.8 Å². The Kier molecular flexibility index (Phi) is 9.42. The predicted molar refractivity (Wildman–Crippen MR) is 152 cm³/mol. The van der Waals surface area contributed by atoms with E-state index in [1.807, 2.05) is 0 Å². The fourth-order valence-corrected chi connectivity index (χ4v) is 7.30. The van der Waals surface area contributed by atoms with Crippen molar-refractivity contribution in [2.45, 2.75) is 48.7 Å². The number of aliphatic carboxylic acids is 1. The van der Waals surface area contributed by atoms with Gasteiger partial charge in [-0.25, -0.2) is 13.2 Å². The zero-order chi connectivity index (χ0) is 30.4. The highest BCUT2D eigenvalue weighted by atomic mass is 32.2. The number of nitrogens with two attached hydrogens (primary N) is 1. The molecule has 2 heterocycles. The van der Waals surface area contributed by atoms with Crippen LogP contribution in [-0.2, 0) is 24.4 Å². The van der Waals surface area contributed by atoms with Gasteiger partial charge in [-0.15, -0.1) is 0 Å². The van der Waals surface area contributed by atoms with Crippen LogP contribution < -0.4 is 27.0 Å². The van der Waals surface area contributed by atoms with Crippen LogP contribution in [-0.4, -0.2) is 78.7 Å². The minimum absolute atomic E-state index is 0.0567. The molecule has 2 aromatic rings. The molecule has 3 amide bonds. The number of hydrogen-bond acceptors (Lipinski definition) is 7. The zero-order valence-corrected chi connectivity index (χ0v) is 23.4. The SMILES string of the molecule is N=C(N)Nc1cccc(C(=O)NCC(=O)NC[C@@H](NC(=O)[C@@H]2C3CCC(CC3)N2S(=O)(=O)c2ccccc2)C(=O)O)c1. The largest absolute Gasteiger partial charge is 0.480 e. The number of sulfonamides is 1. The van der Waals surface area contributed by atoms with Crippen molar-refractivity contribution in [3.63, 3.8) is 0 Å². The molecule has 224 valence electrons. The highest BCUT2D eigenvalue weighted by Crippen LogP contribution is 2.42. The number of anilines is 1. The van der Waals surface area contributed by atoms with Crippen molar-refractivity contribution >= 4 is 45.4 Å². The summed E-state index contributed by atoms with van der Waals surface area (Å²) in [5, 5.41) is 26.7. The molecule has 5 rings (SSSR count). The molecule has 2 atom stereocenters. The minimum atomic E-state index is -4.02. The summed E-state index contributed by atoms with van der Waals surface area (Å²) in [6.07, 6.45) is 2.52. The lowest BCUT2D eigenvalue weighted by Crippen LogP contribution is -2.64. The molecule has 1 aliphatic carbocycles. The third-order valence-electron chi connectivity index (χ3n) is 7.34. The van der Waals surface area contributed by atoms with Gasteiger partial charge < -0.3 is 32.1 Å². The van der Waals surface area contributed by atoms with Gasteiger partial charge in [-0.05, 0) is 61.9 Å². The number of piperidine rings is 2. The van der Waals surface area contributed by atoms with Crippen LogP contribution in [0.15, 0.2) is 59.5 Å². The highest BCUT2D eigenvalue weighted by molar-refractivity contribution is 7.89. The first kappa shape index (κ1) is 30.5. The Bertz CT molecular complexity index is 1460. The number of carbonyl (C=O) groups excluding carboxylic acids is 3. The summed E-state index contributed by atoms with van der Waals surface area (Å²) in [5.41, 5.74) is 5.89. The summed E-state index contributed by atoms with van der Waals surface area (Å²) in [6, 6.07) is 10.9. The monoisotopic (exact) mass is 599 g/mol. The van der Waals surface area contributed by atoms with Gasteiger partial charge in [-0.3, -0.25) is 19.8 Å². The molecule has 0 unspecified atom stereocenters. The molecule has 0 aromatic heterocycles. The van der Waals surface area contributed by atoms with Crippen molar-refractivity contribution in [2.24, 2.45) is 11.7 Å². The maximum Gasteiger partial charge on any atom is 0.328 e. The minimum Gasteiger partial charge on any atom is -0.480 e. The summed E-state index contributed by atoms with van der Waals surface area (Å²) in [7, 11) is -4.02. The van der Waals surface area contributed by atoms with Crippen molar-refractivity contribution in [3.8, 4) is 0 Å². The van der Waals surface area contributed by atoms with Gasteiger partial charge in [0.25, 0.3) is 5.91 Å². The van der Waals surface area contributed by atoms with E-state index in [2.05, 4.69) is 21.3 Å². The van der Waals surface area contributed by atoms with Crippen molar-refractivity contribution in [1.82, 2.24) is 20.3 Å². The molecule has 14 nitrogen and oxygen atoms in total.